The summed E-state index contributed by atoms with van der Waals surface area (Å²) >= 11 is 0. The van der Waals surface area contributed by atoms with E-state index in [1.165, 1.54) is 5.56 Å². The van der Waals surface area contributed by atoms with Crippen LogP contribution in [0.4, 0.5) is 0 Å². The number of aromatic nitrogens is 1. The summed E-state index contributed by atoms with van der Waals surface area (Å²) in [5.74, 6) is 0.235. The molecule has 0 saturated carbocycles. The number of hydrogen-bond acceptors (Lipinski definition) is 2. The van der Waals surface area contributed by atoms with Gasteiger partial charge in [-0.05, 0) is 29.7 Å². The normalized spacial score (nSPS) is 10.7. The van der Waals surface area contributed by atoms with Gasteiger partial charge in [0, 0.05) is 11.6 Å². The standard InChI is InChI=1S/C16H13NO/c18-15-8-4-7-14-10-13(11-17-16(14)15)9-12-5-2-1-3-6-12/h1-8,10-11,18H,9H2. The molecule has 2 heteroatoms. The van der Waals surface area contributed by atoms with Crippen molar-refractivity contribution in [1.82, 2.24) is 4.98 Å². The molecule has 2 aromatic carbocycles. The van der Waals surface area contributed by atoms with Crippen LogP contribution in [0.25, 0.3) is 10.9 Å². The number of pyridine rings is 1. The van der Waals surface area contributed by atoms with Gasteiger partial charge in [-0.25, -0.2) is 0 Å². The molecule has 0 atom stereocenters. The molecule has 0 radical (unpaired) electrons. The summed E-state index contributed by atoms with van der Waals surface area (Å²) in [5.41, 5.74) is 3.08. The Morgan fingerprint density at radius 2 is 1.72 bits per heavy atom. The van der Waals surface area contributed by atoms with E-state index in [2.05, 4.69) is 23.2 Å². The third kappa shape index (κ3) is 2.05. The molecule has 2 nitrogen and oxygen atoms in total. The number of hydrogen-bond donors (Lipinski definition) is 1. The van der Waals surface area contributed by atoms with Crippen molar-refractivity contribution in [2.75, 3.05) is 0 Å². The fourth-order valence-electron chi connectivity index (χ4n) is 2.12. The van der Waals surface area contributed by atoms with E-state index < -0.39 is 0 Å². The summed E-state index contributed by atoms with van der Waals surface area (Å²) in [6.07, 6.45) is 2.69. The molecule has 0 amide bonds. The molecule has 0 spiro atoms. The lowest BCUT2D eigenvalue weighted by Crippen LogP contribution is -1.90. The highest BCUT2D eigenvalue weighted by Gasteiger charge is 2.02. The molecular weight excluding hydrogens is 222 g/mol. The zero-order chi connectivity index (χ0) is 12.4. The van der Waals surface area contributed by atoms with Crippen LogP contribution in [0, 0.1) is 0 Å². The quantitative estimate of drug-likeness (QED) is 0.737. The number of aromatic hydroxyl groups is 1. The topological polar surface area (TPSA) is 33.1 Å². The largest absolute Gasteiger partial charge is 0.506 e. The van der Waals surface area contributed by atoms with Gasteiger partial charge in [0.05, 0.1) is 0 Å². The minimum absolute atomic E-state index is 0.235. The van der Waals surface area contributed by atoms with Gasteiger partial charge in [-0.15, -0.1) is 0 Å². The first-order chi connectivity index (χ1) is 8.83. The van der Waals surface area contributed by atoms with Crippen LogP contribution in [-0.2, 0) is 6.42 Å². The van der Waals surface area contributed by atoms with E-state index in [-0.39, 0.29) is 5.75 Å². The Balaban J connectivity index is 1.99. The number of benzene rings is 2. The molecule has 0 aliphatic carbocycles. The Morgan fingerprint density at radius 3 is 2.56 bits per heavy atom. The second-order valence-corrected chi connectivity index (χ2v) is 4.35. The average Bonchev–Trinajstić information content (AvgIpc) is 2.40. The Hall–Kier alpha value is -2.35. The van der Waals surface area contributed by atoms with Crippen molar-refractivity contribution in [3.05, 3.63) is 71.9 Å². The minimum atomic E-state index is 0.235. The van der Waals surface area contributed by atoms with Crippen molar-refractivity contribution in [3.63, 3.8) is 0 Å². The molecule has 88 valence electrons. The van der Waals surface area contributed by atoms with Crippen molar-refractivity contribution >= 4 is 10.9 Å². The van der Waals surface area contributed by atoms with Gasteiger partial charge in [0.15, 0.2) is 0 Å². The van der Waals surface area contributed by atoms with Gasteiger partial charge in [0.1, 0.15) is 11.3 Å². The molecular formula is C16H13NO. The van der Waals surface area contributed by atoms with Crippen molar-refractivity contribution in [3.8, 4) is 5.75 Å². The molecule has 3 aromatic rings. The fraction of sp³-hybridized carbons (Fsp3) is 0.0625. The third-order valence-electron chi connectivity index (χ3n) is 3.00. The van der Waals surface area contributed by atoms with E-state index in [4.69, 9.17) is 0 Å². The van der Waals surface area contributed by atoms with E-state index in [0.29, 0.717) is 5.52 Å². The lowest BCUT2D eigenvalue weighted by Gasteiger charge is -2.04. The smallest absolute Gasteiger partial charge is 0.141 e. The highest BCUT2D eigenvalue weighted by Crippen LogP contribution is 2.23. The van der Waals surface area contributed by atoms with Gasteiger partial charge in [0.2, 0.25) is 0 Å². The van der Waals surface area contributed by atoms with Crippen molar-refractivity contribution in [1.29, 1.82) is 0 Å². The minimum Gasteiger partial charge on any atom is -0.506 e. The van der Waals surface area contributed by atoms with Crippen LogP contribution in [0.5, 0.6) is 5.75 Å². The van der Waals surface area contributed by atoms with Crippen molar-refractivity contribution in [2.45, 2.75) is 6.42 Å². The summed E-state index contributed by atoms with van der Waals surface area (Å²) in [7, 11) is 0. The molecule has 0 bridgehead atoms. The van der Waals surface area contributed by atoms with E-state index in [1.807, 2.05) is 36.5 Å². The number of fused-ring (bicyclic) bond motifs is 1. The van der Waals surface area contributed by atoms with Gasteiger partial charge in [-0.2, -0.15) is 0 Å². The van der Waals surface area contributed by atoms with Crippen LogP contribution < -0.4 is 0 Å². The number of phenolic OH excluding ortho intramolecular Hbond substituents is 1. The van der Waals surface area contributed by atoms with E-state index in [9.17, 15) is 5.11 Å². The highest BCUT2D eigenvalue weighted by atomic mass is 16.3. The van der Waals surface area contributed by atoms with E-state index in [0.717, 1.165) is 17.4 Å². The summed E-state index contributed by atoms with van der Waals surface area (Å²) in [5, 5.41) is 10.7. The van der Waals surface area contributed by atoms with Crippen molar-refractivity contribution in [2.24, 2.45) is 0 Å². The lowest BCUT2D eigenvalue weighted by atomic mass is 10.0. The van der Waals surface area contributed by atoms with E-state index >= 15 is 0 Å². The molecule has 1 N–H and O–H groups in total. The fourth-order valence-corrected chi connectivity index (χ4v) is 2.12. The number of para-hydroxylation sites is 1. The lowest BCUT2D eigenvalue weighted by molar-refractivity contribution is 0.480. The second-order valence-electron chi connectivity index (χ2n) is 4.35. The first-order valence-electron chi connectivity index (χ1n) is 5.93. The Labute approximate surface area is 106 Å². The van der Waals surface area contributed by atoms with Gasteiger partial charge in [-0.3, -0.25) is 4.98 Å². The average molecular weight is 235 g/mol. The highest BCUT2D eigenvalue weighted by molar-refractivity contribution is 5.84. The molecule has 18 heavy (non-hydrogen) atoms. The molecule has 1 heterocycles. The third-order valence-corrected chi connectivity index (χ3v) is 3.00. The van der Waals surface area contributed by atoms with Crippen LogP contribution in [0.3, 0.4) is 0 Å². The number of rotatable bonds is 2. The molecule has 0 aliphatic heterocycles. The van der Waals surface area contributed by atoms with Crippen LogP contribution in [-0.4, -0.2) is 10.1 Å². The first-order valence-corrected chi connectivity index (χ1v) is 5.93. The second kappa shape index (κ2) is 4.49. The van der Waals surface area contributed by atoms with Crippen molar-refractivity contribution < 1.29 is 5.11 Å². The summed E-state index contributed by atoms with van der Waals surface area (Å²) in [4.78, 5) is 4.33. The van der Waals surface area contributed by atoms with Gasteiger partial charge < -0.3 is 5.11 Å². The molecule has 0 unspecified atom stereocenters. The van der Waals surface area contributed by atoms with E-state index in [1.54, 1.807) is 6.07 Å². The van der Waals surface area contributed by atoms with Crippen LogP contribution >= 0.6 is 0 Å². The zero-order valence-electron chi connectivity index (χ0n) is 9.88. The van der Waals surface area contributed by atoms with Crippen LogP contribution in [0.15, 0.2) is 60.8 Å². The zero-order valence-corrected chi connectivity index (χ0v) is 9.88. The number of phenols is 1. The maximum atomic E-state index is 9.69. The molecule has 1 aromatic heterocycles. The van der Waals surface area contributed by atoms with Gasteiger partial charge >= 0.3 is 0 Å². The Morgan fingerprint density at radius 1 is 0.889 bits per heavy atom. The van der Waals surface area contributed by atoms with Crippen LogP contribution in [0.1, 0.15) is 11.1 Å². The predicted molar refractivity (Wildman–Crippen MR) is 72.7 cm³/mol. The monoisotopic (exact) mass is 235 g/mol. The maximum absolute atomic E-state index is 9.69. The molecule has 0 aliphatic rings. The van der Waals surface area contributed by atoms with Gasteiger partial charge in [0.25, 0.3) is 0 Å². The summed E-state index contributed by atoms with van der Waals surface area (Å²) < 4.78 is 0. The summed E-state index contributed by atoms with van der Waals surface area (Å²) in [6, 6.07) is 17.8. The maximum Gasteiger partial charge on any atom is 0.141 e. The Bertz CT molecular complexity index is 677. The van der Waals surface area contributed by atoms with Crippen LogP contribution in [0.2, 0.25) is 0 Å². The molecule has 0 fully saturated rings. The predicted octanol–water partition coefficient (Wildman–Crippen LogP) is 3.53. The summed E-state index contributed by atoms with van der Waals surface area (Å²) in [6.45, 7) is 0. The molecule has 0 saturated heterocycles. The SMILES string of the molecule is Oc1cccc2cc(Cc3ccccc3)cnc12. The first kappa shape index (κ1) is 10.8. The Kier molecular flexibility index (Phi) is 2.69. The molecule has 3 rings (SSSR count). The van der Waals surface area contributed by atoms with Gasteiger partial charge in [-0.1, -0.05) is 42.5 Å². The number of nitrogens with zero attached hydrogens (tertiary/aromatic N) is 1.